The number of piperidine rings is 2. The molecule has 3 amide bonds. The number of likely N-dealkylation sites (tertiary alicyclic amines) is 1. The second-order valence-corrected chi connectivity index (χ2v) is 9.54. The summed E-state index contributed by atoms with van der Waals surface area (Å²) in [7, 11) is 0. The predicted molar refractivity (Wildman–Crippen MR) is 124 cm³/mol. The minimum absolute atomic E-state index is 0.0247. The Morgan fingerprint density at radius 2 is 1.85 bits per heavy atom. The van der Waals surface area contributed by atoms with Crippen LogP contribution in [0.2, 0.25) is 0 Å². The second-order valence-electron chi connectivity index (χ2n) is 9.54. The normalized spacial score (nSPS) is 21.4. The van der Waals surface area contributed by atoms with Crippen molar-refractivity contribution in [3.63, 3.8) is 0 Å². The number of carbonyl (C=O) groups is 3. The van der Waals surface area contributed by atoms with E-state index in [1.54, 1.807) is 13.0 Å². The van der Waals surface area contributed by atoms with Crippen LogP contribution in [0.4, 0.5) is 5.69 Å². The van der Waals surface area contributed by atoms with Crippen LogP contribution in [0, 0.1) is 12.8 Å². The smallest absolute Gasteiger partial charge is 0.264 e. The number of amides is 3. The van der Waals surface area contributed by atoms with Crippen molar-refractivity contribution in [2.75, 3.05) is 24.5 Å². The summed E-state index contributed by atoms with van der Waals surface area (Å²) < 4.78 is 4.72. The maximum atomic E-state index is 13.3. The lowest BCUT2D eigenvalue weighted by atomic mass is 9.91. The van der Waals surface area contributed by atoms with Gasteiger partial charge in [-0.15, -0.1) is 0 Å². The molecule has 0 spiro atoms. The Morgan fingerprint density at radius 1 is 1.06 bits per heavy atom. The van der Waals surface area contributed by atoms with Crippen molar-refractivity contribution in [3.8, 4) is 0 Å². The first kappa shape index (κ1) is 22.6. The fourth-order valence-corrected chi connectivity index (χ4v) is 5.58. The summed E-state index contributed by atoms with van der Waals surface area (Å²) in [6.07, 6.45) is 5.92. The van der Waals surface area contributed by atoms with E-state index < -0.39 is 0 Å². The van der Waals surface area contributed by atoms with Gasteiger partial charge in [0.25, 0.3) is 11.8 Å². The molecule has 2 fully saturated rings. The Morgan fingerprint density at radius 3 is 2.56 bits per heavy atom. The van der Waals surface area contributed by atoms with E-state index in [1.165, 1.54) is 11.3 Å². The molecule has 2 aromatic rings. The number of nitrogens with zero attached hydrogens (tertiary/aromatic N) is 5. The van der Waals surface area contributed by atoms with Crippen LogP contribution in [-0.2, 0) is 11.3 Å². The zero-order valence-corrected chi connectivity index (χ0v) is 19.8. The summed E-state index contributed by atoms with van der Waals surface area (Å²) >= 11 is 0. The lowest BCUT2D eigenvalue weighted by molar-refractivity contribution is -0.140. The highest BCUT2D eigenvalue weighted by Gasteiger charge is 2.40. The minimum atomic E-state index is -0.329. The monoisotopic (exact) mass is 465 g/mol. The van der Waals surface area contributed by atoms with Crippen molar-refractivity contribution in [2.45, 2.75) is 65.0 Å². The molecule has 0 unspecified atom stereocenters. The molecule has 0 aliphatic carbocycles. The van der Waals surface area contributed by atoms with E-state index in [0.29, 0.717) is 47.6 Å². The summed E-state index contributed by atoms with van der Waals surface area (Å²) in [5.41, 5.74) is 2.65. The quantitative estimate of drug-likeness (QED) is 0.625. The predicted octanol–water partition coefficient (Wildman–Crippen LogP) is 3.18. The van der Waals surface area contributed by atoms with E-state index in [-0.39, 0.29) is 24.3 Å². The summed E-state index contributed by atoms with van der Waals surface area (Å²) in [6, 6.07) is 5.79. The fraction of sp³-hybridized carbons (Fsp3) is 0.560. The van der Waals surface area contributed by atoms with Crippen LogP contribution in [0.25, 0.3) is 0 Å². The van der Waals surface area contributed by atoms with Crippen molar-refractivity contribution in [3.05, 3.63) is 40.7 Å². The van der Waals surface area contributed by atoms with Gasteiger partial charge in [-0.1, -0.05) is 23.3 Å². The first-order valence-electron chi connectivity index (χ1n) is 12.3. The third-order valence-electron chi connectivity index (χ3n) is 7.60. The van der Waals surface area contributed by atoms with E-state index >= 15 is 0 Å². The van der Waals surface area contributed by atoms with Crippen molar-refractivity contribution in [2.24, 2.45) is 5.92 Å². The van der Waals surface area contributed by atoms with Crippen LogP contribution in [0.1, 0.15) is 77.6 Å². The lowest BCUT2D eigenvalue weighted by Gasteiger charge is -2.40. The second kappa shape index (κ2) is 9.19. The largest absolute Gasteiger partial charge is 0.371 e. The van der Waals surface area contributed by atoms with Crippen LogP contribution in [0.15, 0.2) is 22.8 Å². The van der Waals surface area contributed by atoms with Crippen molar-refractivity contribution < 1.29 is 19.0 Å². The standard InChI is InChI=1S/C25H31N5O4/c1-3-18-7-4-5-12-29(18)23(31)17-10-13-28(14-11-17)21-9-6-8-19-22(21)25(33)30(24(19)32)15-20-16(2)26-34-27-20/h6,8-9,17-18H,3-5,7,10-15H2,1-2H3/t18-/m0/s1. The summed E-state index contributed by atoms with van der Waals surface area (Å²) in [5.74, 6) is -0.338. The molecule has 1 aromatic carbocycles. The first-order chi connectivity index (χ1) is 16.5. The van der Waals surface area contributed by atoms with Gasteiger partial charge in [0.2, 0.25) is 5.91 Å². The number of hydrogen-bond donors (Lipinski definition) is 0. The molecule has 0 bridgehead atoms. The van der Waals surface area contributed by atoms with E-state index in [1.807, 2.05) is 12.1 Å². The molecule has 0 saturated carbocycles. The van der Waals surface area contributed by atoms with Gasteiger partial charge in [0.05, 0.1) is 23.4 Å². The minimum Gasteiger partial charge on any atom is -0.371 e. The van der Waals surface area contributed by atoms with Crippen molar-refractivity contribution in [1.29, 1.82) is 0 Å². The Labute approximate surface area is 199 Å². The Kier molecular flexibility index (Phi) is 6.10. The number of benzene rings is 1. The third kappa shape index (κ3) is 3.86. The van der Waals surface area contributed by atoms with Gasteiger partial charge in [-0.2, -0.15) is 0 Å². The lowest BCUT2D eigenvalue weighted by Crippen LogP contribution is -2.48. The molecule has 1 atom stereocenters. The highest BCUT2D eigenvalue weighted by atomic mass is 16.6. The molecule has 3 aliphatic heterocycles. The molecular weight excluding hydrogens is 434 g/mol. The number of hydrogen-bond acceptors (Lipinski definition) is 7. The Balaban J connectivity index is 1.30. The average molecular weight is 466 g/mol. The maximum absolute atomic E-state index is 13.3. The van der Waals surface area contributed by atoms with Crippen LogP contribution >= 0.6 is 0 Å². The number of aromatic nitrogens is 2. The molecule has 180 valence electrons. The SMILES string of the molecule is CC[C@H]1CCCCN1C(=O)C1CCN(c2cccc3c2C(=O)N(Cc2nonc2C)C3=O)CC1. The summed E-state index contributed by atoms with van der Waals surface area (Å²) in [6.45, 7) is 6.17. The Hall–Kier alpha value is -3.23. The van der Waals surface area contributed by atoms with Crippen LogP contribution in [0.3, 0.4) is 0 Å². The number of aryl methyl sites for hydroxylation is 1. The number of imide groups is 1. The van der Waals surface area contributed by atoms with Gasteiger partial charge in [0.15, 0.2) is 0 Å². The first-order valence-corrected chi connectivity index (χ1v) is 12.3. The number of fused-ring (bicyclic) bond motifs is 1. The van der Waals surface area contributed by atoms with Gasteiger partial charge < -0.3 is 9.80 Å². The van der Waals surface area contributed by atoms with Gasteiger partial charge >= 0.3 is 0 Å². The molecule has 0 N–H and O–H groups in total. The molecule has 0 radical (unpaired) electrons. The number of anilines is 1. The molecule has 4 heterocycles. The average Bonchev–Trinajstić information content (AvgIpc) is 3.39. The van der Waals surface area contributed by atoms with E-state index in [9.17, 15) is 14.4 Å². The molecule has 9 heteroatoms. The molecule has 1 aromatic heterocycles. The van der Waals surface area contributed by atoms with Gasteiger partial charge in [0, 0.05) is 31.6 Å². The summed E-state index contributed by atoms with van der Waals surface area (Å²) in [5, 5.41) is 7.56. The number of rotatable bonds is 5. The highest BCUT2D eigenvalue weighted by Crippen LogP contribution is 2.35. The fourth-order valence-electron chi connectivity index (χ4n) is 5.58. The van der Waals surface area contributed by atoms with Crippen molar-refractivity contribution in [1.82, 2.24) is 20.1 Å². The van der Waals surface area contributed by atoms with Crippen LogP contribution in [0.5, 0.6) is 0 Å². The Bertz CT molecular complexity index is 1100. The zero-order chi connectivity index (χ0) is 23.8. The zero-order valence-electron chi connectivity index (χ0n) is 19.8. The third-order valence-corrected chi connectivity index (χ3v) is 7.60. The number of carbonyl (C=O) groups excluding carboxylic acids is 3. The molecule has 5 rings (SSSR count). The van der Waals surface area contributed by atoms with E-state index in [0.717, 1.165) is 44.3 Å². The van der Waals surface area contributed by atoms with Crippen molar-refractivity contribution >= 4 is 23.4 Å². The van der Waals surface area contributed by atoms with E-state index in [4.69, 9.17) is 4.63 Å². The molecule has 34 heavy (non-hydrogen) atoms. The van der Waals surface area contributed by atoms with Crippen LogP contribution in [-0.4, -0.2) is 63.5 Å². The highest BCUT2D eigenvalue weighted by molar-refractivity contribution is 6.23. The van der Waals surface area contributed by atoms with Gasteiger partial charge in [-0.25, -0.2) is 4.63 Å². The van der Waals surface area contributed by atoms with E-state index in [2.05, 4.69) is 27.0 Å². The topological polar surface area (TPSA) is 99.9 Å². The molecular formula is C25H31N5O4. The molecule has 3 aliphatic rings. The molecule has 2 saturated heterocycles. The van der Waals surface area contributed by atoms with Gasteiger partial charge in [-0.05, 0) is 57.6 Å². The molecule has 9 nitrogen and oxygen atoms in total. The maximum Gasteiger partial charge on any atom is 0.264 e. The summed E-state index contributed by atoms with van der Waals surface area (Å²) in [4.78, 5) is 45.0. The van der Waals surface area contributed by atoms with Gasteiger partial charge in [-0.3, -0.25) is 19.3 Å². The van der Waals surface area contributed by atoms with Gasteiger partial charge in [0.1, 0.15) is 11.4 Å². The van der Waals surface area contributed by atoms with Crippen LogP contribution < -0.4 is 4.90 Å².